The van der Waals surface area contributed by atoms with Crippen LogP contribution in [0, 0.1) is 0 Å². The van der Waals surface area contributed by atoms with E-state index in [2.05, 4.69) is 15.3 Å². The smallest absolute Gasteiger partial charge is 0.369 e. The maximum Gasteiger partial charge on any atom is 0.417 e. The van der Waals surface area contributed by atoms with E-state index in [4.69, 9.17) is 23.8 Å². The molecule has 0 unspecified atom stereocenters. The van der Waals surface area contributed by atoms with Crippen LogP contribution in [0.15, 0.2) is 17.3 Å². The van der Waals surface area contributed by atoms with Crippen molar-refractivity contribution in [1.82, 2.24) is 9.88 Å². The van der Waals surface area contributed by atoms with Crippen molar-refractivity contribution in [3.8, 4) is 0 Å². The highest BCUT2D eigenvalue weighted by Gasteiger charge is 2.31. The van der Waals surface area contributed by atoms with Crippen LogP contribution >= 0.6 is 23.8 Å². The molecule has 0 aliphatic carbocycles. The maximum absolute atomic E-state index is 12.4. The third-order valence-corrected chi connectivity index (χ3v) is 2.30. The molecule has 0 spiro atoms. The summed E-state index contributed by atoms with van der Waals surface area (Å²) >= 11 is 10.6. The van der Waals surface area contributed by atoms with Crippen LogP contribution < -0.4 is 5.32 Å². The zero-order chi connectivity index (χ0) is 14.6. The van der Waals surface area contributed by atoms with Gasteiger partial charge < -0.3 is 10.2 Å². The molecular formula is C10H10ClF3N4S. The molecule has 19 heavy (non-hydrogen) atoms. The Morgan fingerprint density at radius 1 is 1.53 bits per heavy atom. The number of hydrogen-bond acceptors (Lipinski definition) is 2. The quantitative estimate of drug-likeness (QED) is 0.518. The number of alkyl halides is 3. The van der Waals surface area contributed by atoms with E-state index < -0.39 is 11.7 Å². The molecule has 4 nitrogen and oxygen atoms in total. The molecule has 0 aromatic carbocycles. The molecule has 0 fully saturated rings. The highest BCUT2D eigenvalue weighted by atomic mass is 35.5. The van der Waals surface area contributed by atoms with Gasteiger partial charge >= 0.3 is 6.18 Å². The molecule has 1 heterocycles. The molecule has 0 amide bonds. The normalized spacial score (nSPS) is 11.7. The van der Waals surface area contributed by atoms with E-state index in [1.54, 1.807) is 19.0 Å². The molecule has 1 rings (SSSR count). The van der Waals surface area contributed by atoms with Crippen LogP contribution in [0.25, 0.3) is 0 Å². The molecule has 0 saturated heterocycles. The number of anilines is 1. The van der Waals surface area contributed by atoms with E-state index in [0.717, 1.165) is 6.07 Å². The fourth-order valence-corrected chi connectivity index (χ4v) is 1.34. The maximum atomic E-state index is 12.4. The molecule has 0 bridgehead atoms. The highest BCUT2D eigenvalue weighted by molar-refractivity contribution is 7.80. The molecular weight excluding hydrogens is 301 g/mol. The Balaban J connectivity index is 2.84. The first kappa shape index (κ1) is 15.6. The Kier molecular flexibility index (Phi) is 5.07. The fourth-order valence-electron chi connectivity index (χ4n) is 0.986. The van der Waals surface area contributed by atoms with Crippen molar-refractivity contribution in [2.24, 2.45) is 4.99 Å². The average molecular weight is 311 g/mol. The SMILES string of the molecule is CN(C)/C=N/C(=S)Nc1ncc(C(F)(F)F)cc1Cl. The number of aromatic nitrogens is 1. The van der Waals surface area contributed by atoms with Gasteiger partial charge in [-0.3, -0.25) is 0 Å². The van der Waals surface area contributed by atoms with Crippen molar-refractivity contribution in [2.75, 3.05) is 19.4 Å². The molecule has 0 aliphatic heterocycles. The Hall–Kier alpha value is -1.41. The van der Waals surface area contributed by atoms with Crippen LogP contribution in [0.4, 0.5) is 19.0 Å². The number of halogens is 4. The van der Waals surface area contributed by atoms with Crippen LogP contribution in [-0.4, -0.2) is 35.4 Å². The molecule has 1 aromatic rings. The highest BCUT2D eigenvalue weighted by Crippen LogP contribution is 2.32. The summed E-state index contributed by atoms with van der Waals surface area (Å²) in [5.41, 5.74) is -0.925. The minimum Gasteiger partial charge on any atom is -0.369 e. The van der Waals surface area contributed by atoms with Gasteiger partial charge in [0.1, 0.15) is 0 Å². The summed E-state index contributed by atoms with van der Waals surface area (Å²) in [6.45, 7) is 0. The zero-order valence-electron chi connectivity index (χ0n) is 9.99. The lowest BCUT2D eigenvalue weighted by Gasteiger charge is -2.10. The molecule has 1 N–H and O–H groups in total. The van der Waals surface area contributed by atoms with Crippen molar-refractivity contribution in [3.63, 3.8) is 0 Å². The monoisotopic (exact) mass is 310 g/mol. The van der Waals surface area contributed by atoms with E-state index in [0.29, 0.717) is 6.20 Å². The lowest BCUT2D eigenvalue weighted by molar-refractivity contribution is -0.137. The molecule has 9 heteroatoms. The summed E-state index contributed by atoms with van der Waals surface area (Å²) in [4.78, 5) is 9.05. The van der Waals surface area contributed by atoms with E-state index in [-0.39, 0.29) is 16.0 Å². The van der Waals surface area contributed by atoms with E-state index in [1.165, 1.54) is 6.34 Å². The minimum atomic E-state index is -4.49. The second-order valence-corrected chi connectivity index (χ2v) is 4.48. The van der Waals surface area contributed by atoms with Gasteiger partial charge in [-0.1, -0.05) is 11.6 Å². The van der Waals surface area contributed by atoms with Crippen molar-refractivity contribution in [1.29, 1.82) is 0 Å². The van der Waals surface area contributed by atoms with Gasteiger partial charge in [0.15, 0.2) is 10.9 Å². The first-order valence-corrected chi connectivity index (χ1v) is 5.73. The molecule has 0 radical (unpaired) electrons. The number of aliphatic imine (C=N–C) groups is 1. The minimum absolute atomic E-state index is 0.0237. The molecule has 104 valence electrons. The first-order valence-electron chi connectivity index (χ1n) is 4.94. The molecule has 1 aromatic heterocycles. The summed E-state index contributed by atoms with van der Waals surface area (Å²) in [6, 6.07) is 0.773. The van der Waals surface area contributed by atoms with Crippen LogP contribution in [0.3, 0.4) is 0 Å². The standard InChI is InChI=1S/C10H10ClF3N4S/c1-18(2)5-16-9(19)17-8-7(11)3-6(4-15-8)10(12,13)14/h3-5H,1-2H3,(H,15,17,19)/b16-5+. The summed E-state index contributed by atoms with van der Waals surface area (Å²) in [7, 11) is 3.49. The van der Waals surface area contributed by atoms with Crippen molar-refractivity contribution in [2.45, 2.75) is 6.18 Å². The van der Waals surface area contributed by atoms with E-state index in [1.807, 2.05) is 0 Å². The zero-order valence-corrected chi connectivity index (χ0v) is 11.6. The number of hydrogen-bond donors (Lipinski definition) is 1. The Morgan fingerprint density at radius 2 is 2.16 bits per heavy atom. The third-order valence-electron chi connectivity index (χ3n) is 1.80. The van der Waals surface area contributed by atoms with E-state index in [9.17, 15) is 13.2 Å². The Bertz CT molecular complexity index is 502. The second kappa shape index (κ2) is 6.16. The van der Waals surface area contributed by atoms with Gasteiger partial charge in [-0.25, -0.2) is 9.98 Å². The Morgan fingerprint density at radius 3 is 2.63 bits per heavy atom. The predicted molar refractivity (Wildman–Crippen MR) is 72.6 cm³/mol. The lowest BCUT2D eigenvalue weighted by atomic mass is 10.3. The van der Waals surface area contributed by atoms with Crippen LogP contribution in [-0.2, 0) is 6.18 Å². The van der Waals surface area contributed by atoms with Crippen LogP contribution in [0.1, 0.15) is 5.56 Å². The number of nitrogens with zero attached hydrogens (tertiary/aromatic N) is 3. The molecule has 0 aliphatic rings. The summed E-state index contributed by atoms with van der Waals surface area (Å²) in [5, 5.41) is 2.40. The van der Waals surface area contributed by atoms with Crippen molar-refractivity contribution >= 4 is 41.1 Å². The second-order valence-electron chi connectivity index (χ2n) is 3.69. The number of nitrogens with one attached hydrogen (secondary N) is 1. The average Bonchev–Trinajstić information content (AvgIpc) is 2.27. The predicted octanol–water partition coefficient (Wildman–Crippen LogP) is 3.04. The summed E-state index contributed by atoms with van der Waals surface area (Å²) in [5.74, 6) is 0.0237. The summed E-state index contributed by atoms with van der Waals surface area (Å²) < 4.78 is 37.2. The van der Waals surface area contributed by atoms with E-state index >= 15 is 0 Å². The number of thiocarbonyl (C=S) groups is 1. The Labute approximate surface area is 118 Å². The van der Waals surface area contributed by atoms with Crippen molar-refractivity contribution in [3.05, 3.63) is 22.8 Å². The van der Waals surface area contributed by atoms with Gasteiger partial charge in [0.05, 0.1) is 16.9 Å². The number of rotatable bonds is 2. The van der Waals surface area contributed by atoms with Gasteiger partial charge in [-0.2, -0.15) is 13.2 Å². The summed E-state index contributed by atoms with van der Waals surface area (Å²) in [6.07, 6.45) is -2.38. The lowest BCUT2D eigenvalue weighted by Crippen LogP contribution is -2.14. The van der Waals surface area contributed by atoms with Gasteiger partial charge in [-0.05, 0) is 18.3 Å². The van der Waals surface area contributed by atoms with Gasteiger partial charge in [-0.15, -0.1) is 0 Å². The number of pyridine rings is 1. The fraction of sp³-hybridized carbons (Fsp3) is 0.300. The van der Waals surface area contributed by atoms with Crippen LogP contribution in [0.2, 0.25) is 5.02 Å². The van der Waals surface area contributed by atoms with Gasteiger partial charge in [0.25, 0.3) is 0 Å². The molecule has 0 saturated carbocycles. The van der Waals surface area contributed by atoms with Gasteiger partial charge in [0.2, 0.25) is 0 Å². The van der Waals surface area contributed by atoms with Crippen molar-refractivity contribution < 1.29 is 13.2 Å². The molecule has 0 atom stereocenters. The van der Waals surface area contributed by atoms with Crippen LogP contribution in [0.5, 0.6) is 0 Å². The third kappa shape index (κ3) is 4.99. The van der Waals surface area contributed by atoms with Gasteiger partial charge in [0, 0.05) is 20.3 Å². The largest absolute Gasteiger partial charge is 0.417 e. The first-order chi connectivity index (χ1) is 8.70. The topological polar surface area (TPSA) is 40.5 Å².